The normalized spacial score (nSPS) is 15.5. The number of hydrogen-bond acceptors (Lipinski definition) is 3. The van der Waals surface area contributed by atoms with Crippen LogP contribution in [0.3, 0.4) is 0 Å². The molecule has 0 N–H and O–H groups in total. The number of rotatable bonds is 2. The Hall–Kier alpha value is -1.68. The smallest absolute Gasteiger partial charge is 0.185 e. The van der Waals surface area contributed by atoms with Gasteiger partial charge in [-0.1, -0.05) is 18.2 Å². The van der Waals surface area contributed by atoms with E-state index in [1.54, 1.807) is 11.3 Å². The lowest BCUT2D eigenvalue weighted by Gasteiger charge is -2.26. The van der Waals surface area contributed by atoms with E-state index in [1.807, 2.05) is 18.3 Å². The summed E-state index contributed by atoms with van der Waals surface area (Å²) >= 11 is 1.73. The van der Waals surface area contributed by atoms with Crippen LogP contribution in [0.1, 0.15) is 16.9 Å². The molecule has 0 aliphatic carbocycles. The molecule has 0 bridgehead atoms. The minimum atomic E-state index is -0.181. The second-order valence-corrected chi connectivity index (χ2v) is 5.90. The van der Waals surface area contributed by atoms with Crippen molar-refractivity contribution >= 4 is 22.0 Å². The summed E-state index contributed by atoms with van der Waals surface area (Å²) in [7, 11) is 0. The van der Waals surface area contributed by atoms with E-state index in [0.29, 0.717) is 0 Å². The Kier molecular flexibility index (Phi) is 3.34. The van der Waals surface area contributed by atoms with Gasteiger partial charge in [0.05, 0.1) is 0 Å². The van der Waals surface area contributed by atoms with E-state index in [1.165, 1.54) is 22.6 Å². The molecule has 1 aromatic heterocycles. The monoisotopic (exact) mass is 274 g/mol. The van der Waals surface area contributed by atoms with E-state index in [2.05, 4.69) is 22.9 Å². The molecule has 0 unspecified atom stereocenters. The highest BCUT2D eigenvalue weighted by molar-refractivity contribution is 7.15. The van der Waals surface area contributed by atoms with E-state index in [0.717, 1.165) is 30.2 Å². The third kappa shape index (κ3) is 2.68. The zero-order valence-corrected chi connectivity index (χ0v) is 11.6. The van der Waals surface area contributed by atoms with Gasteiger partial charge in [0, 0.05) is 24.2 Å². The van der Waals surface area contributed by atoms with Crippen molar-refractivity contribution in [2.24, 2.45) is 0 Å². The van der Waals surface area contributed by atoms with E-state index in [4.69, 9.17) is 0 Å². The van der Waals surface area contributed by atoms with Crippen molar-refractivity contribution in [3.05, 3.63) is 52.8 Å². The average molecular weight is 274 g/mol. The largest absolute Gasteiger partial charge is 0.344 e. The Labute approximate surface area is 116 Å². The first-order valence-electron chi connectivity index (χ1n) is 6.35. The van der Waals surface area contributed by atoms with Crippen LogP contribution in [0.4, 0.5) is 9.52 Å². The number of hydrogen-bond donors (Lipinski definition) is 0. The first kappa shape index (κ1) is 12.4. The minimum absolute atomic E-state index is 0.181. The summed E-state index contributed by atoms with van der Waals surface area (Å²) in [5, 5.41) is 1.09. The molecule has 0 atom stereocenters. The van der Waals surface area contributed by atoms with Gasteiger partial charge in [-0.2, -0.15) is 0 Å². The summed E-state index contributed by atoms with van der Waals surface area (Å²) in [6, 6.07) is 6.74. The van der Waals surface area contributed by atoms with Crippen LogP contribution in [0.15, 0.2) is 36.5 Å². The number of aryl methyl sites for hydroxylation is 1. The molecule has 2 aromatic rings. The molecule has 0 saturated heterocycles. The highest BCUT2D eigenvalue weighted by atomic mass is 32.1. The van der Waals surface area contributed by atoms with Crippen LogP contribution < -0.4 is 4.90 Å². The molecule has 0 radical (unpaired) electrons. The third-order valence-corrected chi connectivity index (χ3v) is 4.28. The molecule has 3 rings (SSSR count). The van der Waals surface area contributed by atoms with Crippen molar-refractivity contribution in [2.75, 3.05) is 18.0 Å². The van der Waals surface area contributed by atoms with Crippen molar-refractivity contribution in [3.8, 4) is 0 Å². The maximum absolute atomic E-state index is 12.9. The predicted molar refractivity (Wildman–Crippen MR) is 78.1 cm³/mol. The maximum atomic E-state index is 12.9. The van der Waals surface area contributed by atoms with Gasteiger partial charge in [-0.05, 0) is 36.6 Å². The molecular formula is C15H15FN2S. The quantitative estimate of drug-likeness (QED) is 0.826. The second kappa shape index (κ2) is 5.13. The topological polar surface area (TPSA) is 16.1 Å². The lowest BCUT2D eigenvalue weighted by Crippen LogP contribution is -2.27. The van der Waals surface area contributed by atoms with Gasteiger partial charge in [-0.25, -0.2) is 9.37 Å². The van der Waals surface area contributed by atoms with E-state index in [-0.39, 0.29) is 5.82 Å². The Bertz CT molecular complexity index is 601. The van der Waals surface area contributed by atoms with Crippen molar-refractivity contribution in [1.82, 2.24) is 4.98 Å². The molecule has 2 heterocycles. The lowest BCUT2D eigenvalue weighted by atomic mass is 10.00. The molecule has 1 aliphatic rings. The van der Waals surface area contributed by atoms with Gasteiger partial charge in [0.25, 0.3) is 0 Å². The fourth-order valence-corrected chi connectivity index (χ4v) is 3.05. The summed E-state index contributed by atoms with van der Waals surface area (Å²) in [6.07, 6.45) is 5.11. The third-order valence-electron chi connectivity index (χ3n) is 3.30. The van der Waals surface area contributed by atoms with E-state index < -0.39 is 0 Å². The SMILES string of the molecule is Cc1cnc(N2CC=C(c3ccc(F)cc3)CC2)s1. The van der Waals surface area contributed by atoms with Gasteiger partial charge >= 0.3 is 0 Å². The van der Waals surface area contributed by atoms with Crippen molar-refractivity contribution in [3.63, 3.8) is 0 Å². The Morgan fingerprint density at radius 3 is 2.63 bits per heavy atom. The molecule has 98 valence electrons. The Morgan fingerprint density at radius 2 is 2.05 bits per heavy atom. The summed E-state index contributed by atoms with van der Waals surface area (Å²) < 4.78 is 12.9. The van der Waals surface area contributed by atoms with Crippen LogP contribution >= 0.6 is 11.3 Å². The van der Waals surface area contributed by atoms with E-state index >= 15 is 0 Å². The van der Waals surface area contributed by atoms with Crippen LogP contribution in [0.25, 0.3) is 5.57 Å². The molecule has 4 heteroatoms. The van der Waals surface area contributed by atoms with Crippen LogP contribution in [0.5, 0.6) is 0 Å². The highest BCUT2D eigenvalue weighted by Gasteiger charge is 2.15. The van der Waals surface area contributed by atoms with Gasteiger partial charge in [-0.3, -0.25) is 0 Å². The summed E-state index contributed by atoms with van der Waals surface area (Å²) in [4.78, 5) is 7.94. The first-order chi connectivity index (χ1) is 9.22. The second-order valence-electron chi connectivity index (χ2n) is 4.69. The molecule has 0 amide bonds. The van der Waals surface area contributed by atoms with Crippen molar-refractivity contribution in [2.45, 2.75) is 13.3 Å². The lowest BCUT2D eigenvalue weighted by molar-refractivity contribution is 0.627. The number of nitrogens with zero attached hydrogens (tertiary/aromatic N) is 2. The van der Waals surface area contributed by atoms with Crippen LogP contribution in [-0.4, -0.2) is 18.1 Å². The van der Waals surface area contributed by atoms with Crippen LogP contribution in [0, 0.1) is 12.7 Å². The van der Waals surface area contributed by atoms with Gasteiger partial charge in [0.1, 0.15) is 5.82 Å². The number of halogens is 1. The number of aromatic nitrogens is 1. The summed E-state index contributed by atoms with van der Waals surface area (Å²) in [5.41, 5.74) is 2.42. The Morgan fingerprint density at radius 1 is 1.26 bits per heavy atom. The van der Waals surface area contributed by atoms with Crippen molar-refractivity contribution < 1.29 is 4.39 Å². The van der Waals surface area contributed by atoms with Gasteiger partial charge in [0.15, 0.2) is 5.13 Å². The number of thiazole rings is 1. The molecular weight excluding hydrogens is 259 g/mol. The van der Waals surface area contributed by atoms with Crippen LogP contribution in [0.2, 0.25) is 0 Å². The predicted octanol–water partition coefficient (Wildman–Crippen LogP) is 3.88. The summed E-state index contributed by atoms with van der Waals surface area (Å²) in [5.74, 6) is -0.181. The fraction of sp³-hybridized carbons (Fsp3) is 0.267. The van der Waals surface area contributed by atoms with Gasteiger partial charge in [0.2, 0.25) is 0 Å². The van der Waals surface area contributed by atoms with E-state index in [9.17, 15) is 4.39 Å². The average Bonchev–Trinajstić information content (AvgIpc) is 2.87. The first-order valence-corrected chi connectivity index (χ1v) is 7.16. The fourth-order valence-electron chi connectivity index (χ4n) is 2.26. The van der Waals surface area contributed by atoms with Gasteiger partial charge < -0.3 is 4.90 Å². The molecule has 2 nitrogen and oxygen atoms in total. The number of anilines is 1. The maximum Gasteiger partial charge on any atom is 0.185 e. The minimum Gasteiger partial charge on any atom is -0.344 e. The van der Waals surface area contributed by atoms with Gasteiger partial charge in [-0.15, -0.1) is 11.3 Å². The van der Waals surface area contributed by atoms with Crippen LogP contribution in [-0.2, 0) is 0 Å². The standard InChI is InChI=1S/C15H15FN2S/c1-11-10-17-15(19-11)18-8-6-13(7-9-18)12-2-4-14(16)5-3-12/h2-6,10H,7-9H2,1H3. The molecule has 0 saturated carbocycles. The zero-order valence-electron chi connectivity index (χ0n) is 10.8. The number of benzene rings is 1. The molecule has 0 fully saturated rings. The Balaban J connectivity index is 1.75. The summed E-state index contributed by atoms with van der Waals surface area (Å²) in [6.45, 7) is 3.92. The highest BCUT2D eigenvalue weighted by Crippen LogP contribution is 2.28. The van der Waals surface area contributed by atoms with Crippen molar-refractivity contribution in [1.29, 1.82) is 0 Å². The molecule has 1 aromatic carbocycles. The zero-order chi connectivity index (χ0) is 13.2. The molecule has 0 spiro atoms. The molecule has 1 aliphatic heterocycles. The molecule has 19 heavy (non-hydrogen) atoms.